The second kappa shape index (κ2) is 26.5. The number of furan rings is 1. The molecule has 19 heteroatoms. The fraction of sp³-hybridized carbons (Fsp3) is 0.509. The number of rotatable bonds is 27. The van der Waals surface area contributed by atoms with Crippen molar-refractivity contribution in [3.63, 3.8) is 0 Å². The normalized spacial score (nSPS) is 16.8. The van der Waals surface area contributed by atoms with Crippen LogP contribution in [-0.2, 0) is 52.7 Å². The lowest BCUT2D eigenvalue weighted by molar-refractivity contribution is -0.146. The summed E-state index contributed by atoms with van der Waals surface area (Å²) in [6.07, 6.45) is 6.27. The Labute approximate surface area is 437 Å². The predicted molar refractivity (Wildman–Crippen MR) is 282 cm³/mol. The number of aromatic nitrogens is 5. The molecular weight excluding hydrogens is 963 g/mol. The van der Waals surface area contributed by atoms with E-state index in [9.17, 15) is 19.5 Å². The molecule has 2 aliphatic heterocycles. The number of likely N-dealkylation sites (tertiary alicyclic amines) is 1. The Morgan fingerprint density at radius 1 is 0.851 bits per heavy atom. The molecule has 8 rings (SSSR count). The van der Waals surface area contributed by atoms with Gasteiger partial charge in [0.1, 0.15) is 29.7 Å². The molecule has 2 N–H and O–H groups in total. The van der Waals surface area contributed by atoms with Crippen molar-refractivity contribution in [3.8, 4) is 21.6 Å². The van der Waals surface area contributed by atoms with E-state index in [0.29, 0.717) is 46.2 Å². The van der Waals surface area contributed by atoms with Crippen LogP contribution in [0.2, 0.25) is 0 Å². The number of carbonyl (C=O) groups is 3. The zero-order valence-electron chi connectivity index (χ0n) is 43.2. The maximum atomic E-state index is 14.0. The molecule has 1 unspecified atom stereocenters. The van der Waals surface area contributed by atoms with Crippen LogP contribution >= 0.6 is 11.3 Å². The van der Waals surface area contributed by atoms with Crippen molar-refractivity contribution in [1.82, 2.24) is 39.7 Å². The number of ketones is 1. The topological polar surface area (TPSA) is 199 Å². The highest BCUT2D eigenvalue weighted by atomic mass is 32.1. The van der Waals surface area contributed by atoms with Gasteiger partial charge >= 0.3 is 0 Å². The standard InChI is InChI=1S/C55H71N9O9S/c1-39-51(74-38-58-39)42-9-7-40(8-10-42)34-57-53(67)49-33-45(66)36-63(49)54(68)48(55(2,3)4)32-44(65)17-24-69-26-28-71-30-31-72-29-27-70-25-22-61-18-20-62(21-19-61)43-13-11-41(12-14-43)47-35-56-50(64-37-59-60-52(47)64)16-15-46-6-5-23-73-46/h5-14,23,35,37-38,45,48-49,66H,15-22,24-34,36H2,1-4H3,(H,57,67)/t45-,48?,49+/m0/s1. The third-order valence-electron chi connectivity index (χ3n) is 13.8. The molecule has 2 aliphatic rings. The number of β-amino-alcohol motifs (C(OH)–C–C–N with tert-alkyl or cyclic N) is 1. The van der Waals surface area contributed by atoms with Gasteiger partial charge in [0.2, 0.25) is 11.8 Å². The number of Topliss-reactive ketones (excluding diaryl/α,β-unsaturated/α-hetero) is 1. The van der Waals surface area contributed by atoms with E-state index >= 15 is 0 Å². The van der Waals surface area contributed by atoms with E-state index in [1.54, 1.807) is 23.9 Å². The molecular formula is C55H71N9O9S. The minimum atomic E-state index is -0.828. The van der Waals surface area contributed by atoms with Crippen LogP contribution in [0, 0.1) is 18.3 Å². The zero-order valence-corrected chi connectivity index (χ0v) is 44.0. The molecule has 2 aromatic carbocycles. The van der Waals surface area contributed by atoms with Gasteiger partial charge in [-0.2, -0.15) is 0 Å². The minimum Gasteiger partial charge on any atom is -0.469 e. The lowest BCUT2D eigenvalue weighted by Gasteiger charge is -2.36. The molecule has 2 amide bonds. The van der Waals surface area contributed by atoms with Crippen molar-refractivity contribution in [2.24, 2.45) is 11.3 Å². The van der Waals surface area contributed by atoms with Crippen LogP contribution in [0.5, 0.6) is 0 Å². The largest absolute Gasteiger partial charge is 0.469 e. The van der Waals surface area contributed by atoms with E-state index < -0.39 is 23.5 Å². The van der Waals surface area contributed by atoms with Gasteiger partial charge in [-0.3, -0.25) is 23.7 Å². The van der Waals surface area contributed by atoms with Crippen LogP contribution in [0.15, 0.2) is 89.4 Å². The summed E-state index contributed by atoms with van der Waals surface area (Å²) in [5.74, 6) is 0.423. The minimum absolute atomic E-state index is 0.0175. The average Bonchev–Trinajstić information content (AvgIpc) is 4.26. The number of fused-ring (bicyclic) bond motifs is 1. The molecule has 74 heavy (non-hydrogen) atoms. The van der Waals surface area contributed by atoms with Crippen LogP contribution < -0.4 is 10.2 Å². The number of aliphatic hydroxyl groups excluding tert-OH is 1. The van der Waals surface area contributed by atoms with Crippen molar-refractivity contribution < 1.29 is 42.9 Å². The molecule has 0 aliphatic carbocycles. The van der Waals surface area contributed by atoms with Gasteiger partial charge in [-0.15, -0.1) is 21.5 Å². The van der Waals surface area contributed by atoms with E-state index in [1.807, 2.05) is 80.2 Å². The van der Waals surface area contributed by atoms with Crippen LogP contribution in [0.3, 0.4) is 0 Å². The summed E-state index contributed by atoms with van der Waals surface area (Å²) in [5.41, 5.74) is 8.20. The van der Waals surface area contributed by atoms with Gasteiger partial charge in [-0.1, -0.05) is 57.2 Å². The van der Waals surface area contributed by atoms with Crippen molar-refractivity contribution in [2.75, 3.05) is 97.0 Å². The molecule has 0 bridgehead atoms. The van der Waals surface area contributed by atoms with E-state index in [4.69, 9.17) is 28.3 Å². The number of carbonyl (C=O) groups excluding carboxylic acids is 3. The summed E-state index contributed by atoms with van der Waals surface area (Å²) >= 11 is 1.58. The number of hydrogen-bond donors (Lipinski definition) is 2. The molecule has 2 fully saturated rings. The highest BCUT2D eigenvalue weighted by molar-refractivity contribution is 7.13. The number of hydrogen-bond acceptors (Lipinski definition) is 16. The third-order valence-corrected chi connectivity index (χ3v) is 14.7. The molecule has 6 heterocycles. The first-order chi connectivity index (χ1) is 35.9. The number of piperazine rings is 1. The second-order valence-corrected chi connectivity index (χ2v) is 20.9. The lowest BCUT2D eigenvalue weighted by atomic mass is 9.76. The first-order valence-electron chi connectivity index (χ1n) is 25.8. The number of nitrogens with zero attached hydrogens (tertiary/aromatic N) is 8. The third kappa shape index (κ3) is 14.9. The van der Waals surface area contributed by atoms with Gasteiger partial charge in [-0.05, 0) is 53.3 Å². The van der Waals surface area contributed by atoms with Gasteiger partial charge in [-0.25, -0.2) is 9.97 Å². The average molecular weight is 1030 g/mol. The van der Waals surface area contributed by atoms with Crippen molar-refractivity contribution in [1.29, 1.82) is 0 Å². The number of anilines is 1. The van der Waals surface area contributed by atoms with Crippen LogP contribution in [0.1, 0.15) is 62.9 Å². The summed E-state index contributed by atoms with van der Waals surface area (Å²) in [7, 11) is 0. The molecule has 18 nitrogen and oxygen atoms in total. The Morgan fingerprint density at radius 2 is 1.54 bits per heavy atom. The number of thiazole rings is 1. The van der Waals surface area contributed by atoms with E-state index in [-0.39, 0.29) is 56.6 Å². The highest BCUT2D eigenvalue weighted by Gasteiger charge is 2.44. The molecule has 0 saturated carbocycles. The number of aryl methyl sites for hydroxylation is 3. The summed E-state index contributed by atoms with van der Waals surface area (Å²) in [5, 5.41) is 22.1. The summed E-state index contributed by atoms with van der Waals surface area (Å²) in [4.78, 5) is 57.1. The summed E-state index contributed by atoms with van der Waals surface area (Å²) in [6, 6.07) is 19.6. The van der Waals surface area contributed by atoms with Gasteiger partial charge < -0.3 is 43.6 Å². The smallest absolute Gasteiger partial charge is 0.243 e. The second-order valence-electron chi connectivity index (χ2n) is 20.0. The van der Waals surface area contributed by atoms with Crippen LogP contribution in [0.4, 0.5) is 5.69 Å². The first kappa shape index (κ1) is 54.3. The van der Waals surface area contributed by atoms with Gasteiger partial charge in [0, 0.05) is 101 Å². The maximum absolute atomic E-state index is 14.0. The quantitative estimate of drug-likeness (QED) is 0.0563. The number of ether oxygens (including phenoxy) is 4. The zero-order chi connectivity index (χ0) is 51.9. The van der Waals surface area contributed by atoms with Crippen molar-refractivity contribution in [3.05, 3.63) is 108 Å². The van der Waals surface area contributed by atoms with Crippen LogP contribution in [-0.4, -0.2) is 161 Å². The Kier molecular flexibility index (Phi) is 19.5. The van der Waals surface area contributed by atoms with E-state index in [0.717, 1.165) is 95.6 Å². The van der Waals surface area contributed by atoms with E-state index in [2.05, 4.69) is 54.6 Å². The first-order valence-corrected chi connectivity index (χ1v) is 26.6. The van der Waals surface area contributed by atoms with Gasteiger partial charge in [0.25, 0.3) is 0 Å². The summed E-state index contributed by atoms with van der Waals surface area (Å²) in [6.45, 7) is 16.1. The summed E-state index contributed by atoms with van der Waals surface area (Å²) < 4.78 is 30.3. The Bertz CT molecular complexity index is 2700. The number of amides is 2. The van der Waals surface area contributed by atoms with Gasteiger partial charge in [0.15, 0.2) is 5.65 Å². The van der Waals surface area contributed by atoms with E-state index in [1.165, 1.54) is 10.6 Å². The molecule has 0 spiro atoms. The fourth-order valence-corrected chi connectivity index (χ4v) is 10.2. The molecule has 396 valence electrons. The molecule has 3 atom stereocenters. The fourth-order valence-electron chi connectivity index (χ4n) is 9.43. The maximum Gasteiger partial charge on any atom is 0.243 e. The highest BCUT2D eigenvalue weighted by Crippen LogP contribution is 2.34. The van der Waals surface area contributed by atoms with Crippen LogP contribution in [0.25, 0.3) is 27.2 Å². The molecule has 0 radical (unpaired) electrons. The molecule has 2 saturated heterocycles. The molecule has 4 aromatic heterocycles. The number of nitrogens with one attached hydrogen (secondary N) is 1. The molecule has 6 aromatic rings. The van der Waals surface area contributed by atoms with Crippen molar-refractivity contribution >= 4 is 40.3 Å². The Morgan fingerprint density at radius 3 is 2.20 bits per heavy atom. The number of benzene rings is 2. The van der Waals surface area contributed by atoms with Crippen molar-refractivity contribution in [2.45, 2.75) is 78.5 Å². The monoisotopic (exact) mass is 1030 g/mol. The number of aliphatic hydroxyl groups is 1. The Balaban J connectivity index is 0.637. The van der Waals surface area contributed by atoms with Gasteiger partial charge in [0.05, 0.1) is 81.3 Å². The Hall–Kier alpha value is -5.93. The predicted octanol–water partition coefficient (Wildman–Crippen LogP) is 6.08. The lowest BCUT2D eigenvalue weighted by Crippen LogP contribution is -2.50. The SMILES string of the molecule is Cc1ncsc1-c1ccc(CNC(=O)[C@H]2C[C@H](O)CN2C(=O)C(CC(=O)CCOCCOCCOCCOCCN2CCN(c3ccc(-c4cnc(CCc5ccco5)n5cnnc45)cc3)CC2)C(C)(C)C)cc1.